The molecule has 2 N–H and O–H groups in total. The summed E-state index contributed by atoms with van der Waals surface area (Å²) in [5.41, 5.74) is 5.96. The summed E-state index contributed by atoms with van der Waals surface area (Å²) in [6, 6.07) is 33.9. The lowest BCUT2D eigenvalue weighted by Gasteiger charge is -2.15. The van der Waals surface area contributed by atoms with Gasteiger partial charge in [-0.2, -0.15) is 0 Å². The third-order valence-corrected chi connectivity index (χ3v) is 6.14. The van der Waals surface area contributed by atoms with Crippen molar-refractivity contribution in [2.24, 2.45) is 0 Å². The van der Waals surface area contributed by atoms with Crippen LogP contribution < -0.4 is 4.74 Å². The van der Waals surface area contributed by atoms with E-state index in [1.807, 2.05) is 115 Å². The first-order chi connectivity index (χ1) is 18.5. The first-order valence-electron chi connectivity index (χ1n) is 12.2. The Hall–Kier alpha value is -3.99. The molecule has 0 aliphatic carbocycles. The molecule has 0 aliphatic rings. The molecule has 0 aliphatic heterocycles. The van der Waals surface area contributed by atoms with Crippen LogP contribution in [0, 0.1) is 0 Å². The predicted octanol–water partition coefficient (Wildman–Crippen LogP) is 7.69. The van der Waals surface area contributed by atoms with Crippen LogP contribution in [0.25, 0.3) is 36.5 Å². The van der Waals surface area contributed by atoms with Gasteiger partial charge >= 0.3 is 7.82 Å². The average molecular weight is 525 g/mol. The van der Waals surface area contributed by atoms with Crippen molar-refractivity contribution in [2.75, 3.05) is 13.2 Å². The number of hydrogen-bond acceptors (Lipinski definition) is 3. The Bertz CT molecular complexity index is 1440. The third-order valence-electron chi connectivity index (χ3n) is 5.62. The minimum Gasteiger partial charge on any atom is -0.491 e. The van der Waals surface area contributed by atoms with Crippen LogP contribution in [0.15, 0.2) is 103 Å². The van der Waals surface area contributed by atoms with Gasteiger partial charge in [-0.05, 0) is 33.9 Å². The van der Waals surface area contributed by atoms with Gasteiger partial charge in [-0.1, -0.05) is 134 Å². The highest BCUT2D eigenvalue weighted by atomic mass is 31.2. The summed E-state index contributed by atoms with van der Waals surface area (Å²) < 4.78 is 21.6. The van der Waals surface area contributed by atoms with E-state index in [9.17, 15) is 4.57 Å². The highest BCUT2D eigenvalue weighted by molar-refractivity contribution is 7.46. The van der Waals surface area contributed by atoms with E-state index in [0.717, 1.165) is 33.4 Å². The maximum Gasteiger partial charge on any atom is 0.469 e. The van der Waals surface area contributed by atoms with Gasteiger partial charge in [0, 0.05) is 5.56 Å². The SMILES string of the molecule is O=P(O)(O)OCCOc1ccc(C=Cc2ccccc2)c(C=Cc2ccccc2)c1C=Cc1ccccc1. The Morgan fingerprint density at radius 2 is 1.03 bits per heavy atom. The van der Waals surface area contributed by atoms with Crippen molar-refractivity contribution in [2.45, 2.75) is 0 Å². The smallest absolute Gasteiger partial charge is 0.469 e. The van der Waals surface area contributed by atoms with Crippen LogP contribution in [0.1, 0.15) is 33.4 Å². The highest BCUT2D eigenvalue weighted by Crippen LogP contribution is 2.36. The molecule has 192 valence electrons. The monoisotopic (exact) mass is 524 g/mol. The Kier molecular flexibility index (Phi) is 9.63. The van der Waals surface area contributed by atoms with E-state index >= 15 is 0 Å². The van der Waals surface area contributed by atoms with Crippen LogP contribution in [-0.4, -0.2) is 23.0 Å². The van der Waals surface area contributed by atoms with Crippen molar-refractivity contribution in [1.82, 2.24) is 0 Å². The number of phosphoric acid groups is 1. The number of phosphoric ester groups is 1. The van der Waals surface area contributed by atoms with Crippen molar-refractivity contribution in [3.8, 4) is 5.75 Å². The molecular weight excluding hydrogens is 495 g/mol. The van der Waals surface area contributed by atoms with Gasteiger partial charge in [0.15, 0.2) is 0 Å². The standard InChI is InChI=1S/C32H29O5P/c33-38(34,35)37-25-24-36-32-23-20-29(19-16-26-10-4-1-5-11-26)30(21-17-27-12-6-2-7-13-27)31(32)22-18-28-14-8-3-9-15-28/h1-23H,24-25H2,(H2,33,34,35). The van der Waals surface area contributed by atoms with Gasteiger partial charge in [0.1, 0.15) is 12.4 Å². The van der Waals surface area contributed by atoms with Gasteiger partial charge in [0.2, 0.25) is 0 Å². The van der Waals surface area contributed by atoms with Gasteiger partial charge in [0.05, 0.1) is 6.61 Å². The molecular formula is C32H29O5P. The molecule has 0 atom stereocenters. The van der Waals surface area contributed by atoms with Crippen LogP contribution >= 0.6 is 7.82 Å². The Morgan fingerprint density at radius 1 is 0.553 bits per heavy atom. The lowest BCUT2D eigenvalue weighted by atomic mass is 9.96. The summed E-state index contributed by atoms with van der Waals surface area (Å²) in [5, 5.41) is 0. The zero-order valence-electron chi connectivity index (χ0n) is 20.8. The predicted molar refractivity (Wildman–Crippen MR) is 156 cm³/mol. The van der Waals surface area contributed by atoms with E-state index in [1.165, 1.54) is 0 Å². The maximum atomic E-state index is 11.1. The van der Waals surface area contributed by atoms with Crippen molar-refractivity contribution >= 4 is 44.3 Å². The molecule has 0 amide bonds. The van der Waals surface area contributed by atoms with Crippen molar-refractivity contribution in [3.05, 3.63) is 137 Å². The fourth-order valence-electron chi connectivity index (χ4n) is 3.81. The van der Waals surface area contributed by atoms with E-state index in [4.69, 9.17) is 14.5 Å². The Morgan fingerprint density at radius 3 is 1.53 bits per heavy atom. The van der Waals surface area contributed by atoms with Crippen LogP contribution in [-0.2, 0) is 9.09 Å². The lowest BCUT2D eigenvalue weighted by molar-refractivity contribution is 0.160. The summed E-state index contributed by atoms with van der Waals surface area (Å²) >= 11 is 0. The molecule has 0 heterocycles. The number of hydrogen-bond donors (Lipinski definition) is 2. The molecule has 0 saturated heterocycles. The van der Waals surface area contributed by atoms with Gasteiger partial charge < -0.3 is 14.5 Å². The summed E-state index contributed by atoms with van der Waals surface area (Å²) in [4.78, 5) is 18.0. The molecule has 0 bridgehead atoms. The fraction of sp³-hybridized carbons (Fsp3) is 0.0625. The second-order valence-electron chi connectivity index (χ2n) is 8.38. The Labute approximate surface area is 223 Å². The van der Waals surface area contributed by atoms with Crippen molar-refractivity contribution in [1.29, 1.82) is 0 Å². The lowest BCUT2D eigenvalue weighted by Crippen LogP contribution is -2.07. The number of benzene rings is 4. The third kappa shape index (κ3) is 8.55. The number of ether oxygens (including phenoxy) is 1. The highest BCUT2D eigenvalue weighted by Gasteiger charge is 2.14. The van der Waals surface area contributed by atoms with E-state index in [0.29, 0.717) is 5.75 Å². The first kappa shape index (κ1) is 27.1. The topological polar surface area (TPSA) is 76.0 Å². The van der Waals surface area contributed by atoms with Crippen LogP contribution in [0.2, 0.25) is 0 Å². The summed E-state index contributed by atoms with van der Waals surface area (Å²) in [6.45, 7) is -0.255. The van der Waals surface area contributed by atoms with E-state index in [1.54, 1.807) is 0 Å². The molecule has 0 unspecified atom stereocenters. The maximum absolute atomic E-state index is 11.1. The quantitative estimate of drug-likeness (QED) is 0.120. The van der Waals surface area contributed by atoms with Gasteiger partial charge in [-0.25, -0.2) is 4.57 Å². The zero-order chi connectivity index (χ0) is 26.6. The van der Waals surface area contributed by atoms with Crippen LogP contribution in [0.3, 0.4) is 0 Å². The first-order valence-corrected chi connectivity index (χ1v) is 13.7. The molecule has 0 fully saturated rings. The molecule has 0 saturated carbocycles. The van der Waals surface area contributed by atoms with E-state index in [2.05, 4.69) is 28.8 Å². The second-order valence-corrected chi connectivity index (χ2v) is 9.62. The minimum absolute atomic E-state index is 0.0155. The average Bonchev–Trinajstić information content (AvgIpc) is 2.93. The molecule has 4 aromatic carbocycles. The van der Waals surface area contributed by atoms with E-state index in [-0.39, 0.29) is 13.2 Å². The van der Waals surface area contributed by atoms with Crippen molar-refractivity contribution in [3.63, 3.8) is 0 Å². The van der Waals surface area contributed by atoms with Crippen LogP contribution in [0.4, 0.5) is 0 Å². The van der Waals surface area contributed by atoms with Gasteiger partial charge in [-0.3, -0.25) is 4.52 Å². The van der Waals surface area contributed by atoms with Crippen molar-refractivity contribution < 1.29 is 23.6 Å². The van der Waals surface area contributed by atoms with Crippen LogP contribution in [0.5, 0.6) is 5.75 Å². The fourth-order valence-corrected chi connectivity index (χ4v) is 4.12. The summed E-state index contributed by atoms with van der Waals surface area (Å²) in [7, 11) is -4.57. The normalized spacial score (nSPS) is 12.1. The number of rotatable bonds is 11. The molecule has 38 heavy (non-hydrogen) atoms. The minimum atomic E-state index is -4.57. The molecule has 5 nitrogen and oxygen atoms in total. The largest absolute Gasteiger partial charge is 0.491 e. The Balaban J connectivity index is 1.76. The summed E-state index contributed by atoms with van der Waals surface area (Å²) in [6.07, 6.45) is 12.3. The summed E-state index contributed by atoms with van der Waals surface area (Å²) in [5.74, 6) is 0.580. The zero-order valence-corrected chi connectivity index (χ0v) is 21.7. The van der Waals surface area contributed by atoms with E-state index < -0.39 is 7.82 Å². The van der Waals surface area contributed by atoms with Gasteiger partial charge in [-0.15, -0.1) is 0 Å². The molecule has 6 heteroatoms. The molecule has 4 aromatic rings. The second kappa shape index (κ2) is 13.5. The van der Waals surface area contributed by atoms with Gasteiger partial charge in [0.25, 0.3) is 0 Å². The molecule has 0 spiro atoms. The molecule has 4 rings (SSSR count). The molecule has 0 aromatic heterocycles. The molecule has 0 radical (unpaired) electrons.